The summed E-state index contributed by atoms with van der Waals surface area (Å²) in [5, 5.41) is 12.3. The first kappa shape index (κ1) is 27.9. The SMILES string of the molecule is CC(=O)c1ccc2c(c1)Cc1nc(Cc3ccccc3)nc(NCCCN(C)CCOCCOCCO)c1-2. The van der Waals surface area contributed by atoms with Crippen molar-refractivity contribution in [1.82, 2.24) is 14.9 Å². The average molecular weight is 519 g/mol. The quantitative estimate of drug-likeness (QED) is 0.172. The molecule has 8 heteroatoms. The Balaban J connectivity index is 1.38. The standard InChI is InChI=1S/C30H38N4O4/c1-22(36)24-9-10-26-25(20-24)21-27-29(26)30(33-28(32-27)19-23-7-4-3-5-8-23)31-11-6-12-34(2)13-15-37-17-18-38-16-14-35/h3-5,7-10,20,35H,6,11-19,21H2,1-2H3,(H,31,32,33). The highest BCUT2D eigenvalue weighted by Crippen LogP contribution is 2.40. The lowest BCUT2D eigenvalue weighted by atomic mass is 10.0. The van der Waals surface area contributed by atoms with E-state index in [1.807, 2.05) is 36.4 Å². The predicted molar refractivity (Wildman–Crippen MR) is 149 cm³/mol. The molecule has 0 spiro atoms. The maximum atomic E-state index is 11.9. The number of aromatic nitrogens is 2. The molecule has 38 heavy (non-hydrogen) atoms. The highest BCUT2D eigenvalue weighted by molar-refractivity contribution is 5.96. The third-order valence-electron chi connectivity index (χ3n) is 6.61. The number of hydrogen-bond acceptors (Lipinski definition) is 8. The fraction of sp³-hybridized carbons (Fsp3) is 0.433. The van der Waals surface area contributed by atoms with Gasteiger partial charge in [0.1, 0.15) is 11.6 Å². The number of ether oxygens (including phenoxy) is 2. The Hall–Kier alpha value is -3.17. The number of hydrogen-bond donors (Lipinski definition) is 2. The minimum Gasteiger partial charge on any atom is -0.394 e. The summed E-state index contributed by atoms with van der Waals surface area (Å²) in [5.74, 6) is 1.74. The van der Waals surface area contributed by atoms with Crippen LogP contribution in [0, 0.1) is 0 Å². The summed E-state index contributed by atoms with van der Waals surface area (Å²) < 4.78 is 10.8. The van der Waals surface area contributed by atoms with Crippen LogP contribution in [0.1, 0.15) is 46.3 Å². The van der Waals surface area contributed by atoms with Gasteiger partial charge in [-0.3, -0.25) is 4.79 Å². The number of anilines is 1. The van der Waals surface area contributed by atoms with Crippen molar-refractivity contribution < 1.29 is 19.4 Å². The van der Waals surface area contributed by atoms with Gasteiger partial charge in [-0.2, -0.15) is 0 Å². The van der Waals surface area contributed by atoms with Gasteiger partial charge < -0.3 is 24.8 Å². The minimum atomic E-state index is 0.0379. The van der Waals surface area contributed by atoms with Crippen LogP contribution in [0.4, 0.5) is 5.82 Å². The molecule has 1 aliphatic rings. The number of carbonyl (C=O) groups is 1. The molecular formula is C30H38N4O4. The van der Waals surface area contributed by atoms with Crippen molar-refractivity contribution in [3.63, 3.8) is 0 Å². The fourth-order valence-corrected chi connectivity index (χ4v) is 4.61. The second-order valence-electron chi connectivity index (χ2n) is 9.61. The van der Waals surface area contributed by atoms with Gasteiger partial charge in [0.05, 0.1) is 38.7 Å². The molecule has 0 radical (unpaired) electrons. The van der Waals surface area contributed by atoms with Gasteiger partial charge in [0.15, 0.2) is 5.78 Å². The largest absolute Gasteiger partial charge is 0.394 e. The Kier molecular flexibility index (Phi) is 10.3. The molecule has 0 amide bonds. The molecule has 0 saturated carbocycles. The van der Waals surface area contributed by atoms with E-state index >= 15 is 0 Å². The average Bonchev–Trinajstić information content (AvgIpc) is 3.29. The van der Waals surface area contributed by atoms with Crippen molar-refractivity contribution in [3.8, 4) is 11.1 Å². The van der Waals surface area contributed by atoms with Crippen molar-refractivity contribution in [3.05, 3.63) is 76.7 Å². The maximum absolute atomic E-state index is 11.9. The van der Waals surface area contributed by atoms with Crippen LogP contribution < -0.4 is 5.32 Å². The van der Waals surface area contributed by atoms with Gasteiger partial charge in [-0.1, -0.05) is 42.5 Å². The van der Waals surface area contributed by atoms with Gasteiger partial charge in [0.2, 0.25) is 0 Å². The zero-order valence-corrected chi connectivity index (χ0v) is 22.4. The zero-order valence-electron chi connectivity index (χ0n) is 22.4. The highest BCUT2D eigenvalue weighted by atomic mass is 16.5. The van der Waals surface area contributed by atoms with Crippen LogP contribution >= 0.6 is 0 Å². The first-order valence-electron chi connectivity index (χ1n) is 13.3. The topological polar surface area (TPSA) is 96.8 Å². The van der Waals surface area contributed by atoms with Crippen LogP contribution in [-0.2, 0) is 22.3 Å². The zero-order chi connectivity index (χ0) is 26.7. The summed E-state index contributed by atoms with van der Waals surface area (Å²) >= 11 is 0. The van der Waals surface area contributed by atoms with E-state index in [1.165, 1.54) is 5.56 Å². The third kappa shape index (κ3) is 7.68. The Morgan fingerprint density at radius 2 is 1.82 bits per heavy atom. The van der Waals surface area contributed by atoms with Gasteiger partial charge in [0, 0.05) is 37.1 Å². The predicted octanol–water partition coefficient (Wildman–Crippen LogP) is 3.60. The van der Waals surface area contributed by atoms with E-state index in [1.54, 1.807) is 6.92 Å². The van der Waals surface area contributed by atoms with Gasteiger partial charge in [-0.25, -0.2) is 9.97 Å². The van der Waals surface area contributed by atoms with E-state index in [-0.39, 0.29) is 12.4 Å². The second-order valence-corrected chi connectivity index (χ2v) is 9.61. The lowest BCUT2D eigenvalue weighted by molar-refractivity contribution is 0.0282. The number of aliphatic hydroxyl groups is 1. The number of ketones is 1. The van der Waals surface area contributed by atoms with Crippen LogP contribution in [0.5, 0.6) is 0 Å². The van der Waals surface area contributed by atoms with Crippen LogP contribution in [0.2, 0.25) is 0 Å². The smallest absolute Gasteiger partial charge is 0.159 e. The molecule has 1 aromatic heterocycles. The van der Waals surface area contributed by atoms with Gasteiger partial charge in [0.25, 0.3) is 0 Å². The summed E-state index contributed by atoms with van der Waals surface area (Å²) in [6.07, 6.45) is 2.34. The normalized spacial score (nSPS) is 12.0. The van der Waals surface area contributed by atoms with E-state index in [4.69, 9.17) is 24.5 Å². The number of rotatable bonds is 16. The summed E-state index contributed by atoms with van der Waals surface area (Å²) in [5.41, 5.74) is 6.21. The van der Waals surface area contributed by atoms with E-state index in [0.29, 0.717) is 39.3 Å². The number of benzene rings is 2. The van der Waals surface area contributed by atoms with Crippen molar-refractivity contribution in [2.75, 3.05) is 65.0 Å². The second kappa shape index (κ2) is 14.1. The fourth-order valence-electron chi connectivity index (χ4n) is 4.61. The summed E-state index contributed by atoms with van der Waals surface area (Å²) in [6, 6.07) is 16.2. The summed E-state index contributed by atoms with van der Waals surface area (Å²) in [7, 11) is 2.09. The Bertz CT molecular complexity index is 1200. The van der Waals surface area contributed by atoms with Crippen molar-refractivity contribution in [1.29, 1.82) is 0 Å². The number of fused-ring (bicyclic) bond motifs is 3. The number of aliphatic hydroxyl groups excluding tert-OH is 1. The number of likely N-dealkylation sites (N-methyl/N-ethyl adjacent to an activating group) is 1. The first-order valence-corrected chi connectivity index (χ1v) is 13.3. The molecule has 1 heterocycles. The molecule has 0 atom stereocenters. The first-order chi connectivity index (χ1) is 18.5. The van der Waals surface area contributed by atoms with Gasteiger partial charge in [-0.15, -0.1) is 0 Å². The molecule has 0 unspecified atom stereocenters. The molecule has 2 N–H and O–H groups in total. The molecule has 8 nitrogen and oxygen atoms in total. The summed E-state index contributed by atoms with van der Waals surface area (Å²) in [4.78, 5) is 24.1. The Morgan fingerprint density at radius 3 is 2.58 bits per heavy atom. The molecule has 2 aromatic carbocycles. The molecule has 0 fully saturated rings. The van der Waals surface area contributed by atoms with E-state index in [2.05, 4.69) is 29.4 Å². The van der Waals surface area contributed by atoms with Gasteiger partial charge in [-0.05, 0) is 49.7 Å². The van der Waals surface area contributed by atoms with Crippen molar-refractivity contribution in [2.24, 2.45) is 0 Å². The van der Waals surface area contributed by atoms with Crippen LogP contribution in [0.25, 0.3) is 11.1 Å². The van der Waals surface area contributed by atoms with E-state index in [0.717, 1.165) is 65.6 Å². The molecule has 0 bridgehead atoms. The van der Waals surface area contributed by atoms with Crippen molar-refractivity contribution in [2.45, 2.75) is 26.2 Å². The lowest BCUT2D eigenvalue weighted by Gasteiger charge is -2.18. The third-order valence-corrected chi connectivity index (χ3v) is 6.61. The molecule has 202 valence electrons. The lowest BCUT2D eigenvalue weighted by Crippen LogP contribution is -2.26. The molecule has 0 aliphatic heterocycles. The Labute approximate surface area is 225 Å². The molecule has 3 aromatic rings. The minimum absolute atomic E-state index is 0.0379. The number of Topliss-reactive ketones (excluding diaryl/α,β-unsaturated/α-hetero) is 1. The van der Waals surface area contributed by atoms with Crippen LogP contribution in [-0.4, -0.2) is 85.5 Å². The monoisotopic (exact) mass is 518 g/mol. The molecule has 0 saturated heterocycles. The van der Waals surface area contributed by atoms with E-state index < -0.39 is 0 Å². The van der Waals surface area contributed by atoms with Crippen LogP contribution in [0.15, 0.2) is 48.5 Å². The molecular weight excluding hydrogens is 480 g/mol. The van der Waals surface area contributed by atoms with Gasteiger partial charge >= 0.3 is 0 Å². The summed E-state index contributed by atoms with van der Waals surface area (Å²) in [6.45, 7) is 6.24. The number of nitrogens with one attached hydrogen (secondary N) is 1. The number of nitrogens with zero attached hydrogens (tertiary/aromatic N) is 3. The van der Waals surface area contributed by atoms with Crippen molar-refractivity contribution >= 4 is 11.6 Å². The Morgan fingerprint density at radius 1 is 1.03 bits per heavy atom. The maximum Gasteiger partial charge on any atom is 0.159 e. The van der Waals surface area contributed by atoms with E-state index in [9.17, 15) is 4.79 Å². The molecule has 4 rings (SSSR count). The number of carbonyl (C=O) groups excluding carboxylic acids is 1. The highest BCUT2D eigenvalue weighted by Gasteiger charge is 2.26. The van der Waals surface area contributed by atoms with Crippen LogP contribution in [0.3, 0.4) is 0 Å². The molecule has 1 aliphatic carbocycles.